The predicted octanol–water partition coefficient (Wildman–Crippen LogP) is 1.84. The first kappa shape index (κ1) is 18.5. The minimum Gasteiger partial charge on any atom is -0.419 e. The molecule has 7 nitrogen and oxygen atoms in total. The van der Waals surface area contributed by atoms with Crippen LogP contribution in [0, 0.1) is 0 Å². The summed E-state index contributed by atoms with van der Waals surface area (Å²) < 4.78 is 10.0. The number of nitrogens with one attached hydrogen (secondary N) is 1. The van der Waals surface area contributed by atoms with Crippen LogP contribution in [0.15, 0.2) is 36.0 Å². The lowest BCUT2D eigenvalue weighted by Gasteiger charge is -2.29. The third kappa shape index (κ3) is 5.07. The molecule has 0 radical (unpaired) electrons. The highest BCUT2D eigenvalue weighted by molar-refractivity contribution is 6.15. The molecule has 0 aliphatic carbocycles. The highest BCUT2D eigenvalue weighted by Crippen LogP contribution is 2.22. The molecule has 0 atom stereocenters. The first-order valence-electron chi connectivity index (χ1n) is 7.90. The summed E-state index contributed by atoms with van der Waals surface area (Å²) >= 11 is 0. The summed E-state index contributed by atoms with van der Waals surface area (Å²) in [6.07, 6.45) is 2.36. The number of carbonyl (C=O) groups is 3. The van der Waals surface area contributed by atoms with Gasteiger partial charge in [0, 0.05) is 46.3 Å². The van der Waals surface area contributed by atoms with Crippen LogP contribution < -0.4 is 5.32 Å². The molecular formula is C18H22N2O5. The fraction of sp³-hybridized carbons (Fsp3) is 0.389. The molecule has 0 aromatic heterocycles. The van der Waals surface area contributed by atoms with E-state index in [2.05, 4.69) is 5.32 Å². The monoisotopic (exact) mass is 346 g/mol. The molecule has 2 rings (SSSR count). The summed E-state index contributed by atoms with van der Waals surface area (Å²) in [5.74, 6) is -2.64. The first-order valence-corrected chi connectivity index (χ1v) is 7.90. The molecule has 7 heteroatoms. The van der Waals surface area contributed by atoms with Gasteiger partial charge in [0.05, 0.1) is 0 Å². The zero-order valence-corrected chi connectivity index (χ0v) is 14.8. The predicted molar refractivity (Wildman–Crippen MR) is 91.4 cm³/mol. The van der Waals surface area contributed by atoms with Crippen molar-refractivity contribution in [2.24, 2.45) is 0 Å². The fourth-order valence-electron chi connectivity index (χ4n) is 2.18. The van der Waals surface area contributed by atoms with Gasteiger partial charge in [-0.1, -0.05) is 12.1 Å². The minimum atomic E-state index is -1.25. The van der Waals surface area contributed by atoms with Gasteiger partial charge in [-0.15, -0.1) is 0 Å². The fourth-order valence-corrected chi connectivity index (χ4v) is 2.18. The SMILES string of the molecule is CN(C)C(=O)CCc1ccc(NC=C2C(=O)OC(C)(C)OC2=O)cc1. The molecule has 134 valence electrons. The molecule has 1 aromatic rings. The second-order valence-corrected chi connectivity index (χ2v) is 6.37. The lowest BCUT2D eigenvalue weighted by molar-refractivity contribution is -0.222. The number of ether oxygens (including phenoxy) is 2. The average molecular weight is 346 g/mol. The van der Waals surface area contributed by atoms with Gasteiger partial charge in [0.2, 0.25) is 5.91 Å². The number of rotatable bonds is 5. The molecule has 25 heavy (non-hydrogen) atoms. The molecule has 1 fully saturated rings. The quantitative estimate of drug-likeness (QED) is 0.497. The summed E-state index contributed by atoms with van der Waals surface area (Å²) in [5.41, 5.74) is 1.52. The summed E-state index contributed by atoms with van der Waals surface area (Å²) in [4.78, 5) is 36.8. The number of esters is 2. The van der Waals surface area contributed by atoms with Gasteiger partial charge in [-0.25, -0.2) is 9.59 Å². The highest BCUT2D eigenvalue weighted by Gasteiger charge is 2.38. The van der Waals surface area contributed by atoms with Gasteiger partial charge in [-0.3, -0.25) is 4.79 Å². The summed E-state index contributed by atoms with van der Waals surface area (Å²) in [7, 11) is 3.45. The van der Waals surface area contributed by atoms with Crippen molar-refractivity contribution in [3.05, 3.63) is 41.6 Å². The van der Waals surface area contributed by atoms with Gasteiger partial charge < -0.3 is 19.7 Å². The van der Waals surface area contributed by atoms with Crippen LogP contribution in [0.3, 0.4) is 0 Å². The van der Waals surface area contributed by atoms with E-state index in [1.807, 2.05) is 12.1 Å². The molecule has 0 saturated carbocycles. The zero-order valence-electron chi connectivity index (χ0n) is 14.8. The number of aryl methyl sites for hydroxylation is 1. The van der Waals surface area contributed by atoms with Crippen LogP contribution >= 0.6 is 0 Å². The van der Waals surface area contributed by atoms with E-state index in [1.165, 1.54) is 20.0 Å². The van der Waals surface area contributed by atoms with Crippen LogP contribution in [-0.2, 0) is 30.3 Å². The Labute approximate surface area is 146 Å². The molecule has 0 bridgehead atoms. The van der Waals surface area contributed by atoms with Gasteiger partial charge in [0.25, 0.3) is 5.79 Å². The normalized spacial score (nSPS) is 15.9. The Morgan fingerprint density at radius 3 is 2.20 bits per heavy atom. The number of hydrogen-bond donors (Lipinski definition) is 1. The number of amides is 1. The molecule has 0 spiro atoms. The number of anilines is 1. The lowest BCUT2D eigenvalue weighted by Crippen LogP contribution is -2.42. The average Bonchev–Trinajstić information content (AvgIpc) is 2.51. The van der Waals surface area contributed by atoms with Gasteiger partial charge in [-0.05, 0) is 24.1 Å². The van der Waals surface area contributed by atoms with E-state index >= 15 is 0 Å². The largest absolute Gasteiger partial charge is 0.419 e. The minimum absolute atomic E-state index is 0.0733. The van der Waals surface area contributed by atoms with Crippen molar-refractivity contribution in [3.8, 4) is 0 Å². The zero-order chi connectivity index (χ0) is 18.6. The third-order valence-electron chi connectivity index (χ3n) is 3.58. The van der Waals surface area contributed by atoms with E-state index < -0.39 is 17.7 Å². The van der Waals surface area contributed by atoms with E-state index in [-0.39, 0.29) is 11.5 Å². The standard InChI is InChI=1S/C18H22N2O5/c1-18(2)24-16(22)14(17(23)25-18)11-19-13-8-5-12(6-9-13)7-10-15(21)20(3)4/h5-6,8-9,11,19H,7,10H2,1-4H3. The van der Waals surface area contributed by atoms with Gasteiger partial charge in [0.15, 0.2) is 5.57 Å². The van der Waals surface area contributed by atoms with Crippen molar-refractivity contribution in [2.75, 3.05) is 19.4 Å². The topological polar surface area (TPSA) is 84.9 Å². The molecule has 1 aliphatic rings. The van der Waals surface area contributed by atoms with Crippen LogP contribution in [-0.4, -0.2) is 42.6 Å². The number of hydrogen-bond acceptors (Lipinski definition) is 6. The van der Waals surface area contributed by atoms with Crippen LogP contribution in [0.4, 0.5) is 5.69 Å². The van der Waals surface area contributed by atoms with Gasteiger partial charge >= 0.3 is 11.9 Å². The van der Waals surface area contributed by atoms with Crippen molar-refractivity contribution < 1.29 is 23.9 Å². The molecule has 1 saturated heterocycles. The number of cyclic esters (lactones) is 2. The van der Waals surface area contributed by atoms with Gasteiger partial charge in [0.1, 0.15) is 0 Å². The molecule has 1 amide bonds. The van der Waals surface area contributed by atoms with E-state index in [9.17, 15) is 14.4 Å². The van der Waals surface area contributed by atoms with E-state index in [4.69, 9.17) is 9.47 Å². The molecular weight excluding hydrogens is 324 g/mol. The maximum Gasteiger partial charge on any atom is 0.350 e. The van der Waals surface area contributed by atoms with Crippen molar-refractivity contribution in [1.82, 2.24) is 4.90 Å². The summed E-state index contributed by atoms with van der Waals surface area (Å²) in [5, 5.41) is 2.87. The second-order valence-electron chi connectivity index (χ2n) is 6.37. The van der Waals surface area contributed by atoms with Crippen LogP contribution in [0.1, 0.15) is 25.8 Å². The highest BCUT2D eigenvalue weighted by atomic mass is 16.7. The Morgan fingerprint density at radius 1 is 1.12 bits per heavy atom. The Kier molecular flexibility index (Phi) is 5.46. The summed E-state index contributed by atoms with van der Waals surface area (Å²) in [6.45, 7) is 2.99. The molecule has 0 unspecified atom stereocenters. The smallest absolute Gasteiger partial charge is 0.350 e. The second kappa shape index (κ2) is 7.38. The molecule has 1 heterocycles. The number of carbonyl (C=O) groups excluding carboxylic acids is 3. The van der Waals surface area contributed by atoms with E-state index in [0.717, 1.165) is 5.56 Å². The van der Waals surface area contributed by atoms with Gasteiger partial charge in [-0.2, -0.15) is 0 Å². The van der Waals surface area contributed by atoms with Crippen LogP contribution in [0.5, 0.6) is 0 Å². The maximum atomic E-state index is 11.8. The van der Waals surface area contributed by atoms with E-state index in [1.54, 1.807) is 31.1 Å². The molecule has 1 N–H and O–H groups in total. The van der Waals surface area contributed by atoms with Crippen molar-refractivity contribution in [1.29, 1.82) is 0 Å². The number of benzene rings is 1. The maximum absolute atomic E-state index is 11.8. The third-order valence-corrected chi connectivity index (χ3v) is 3.58. The Balaban J connectivity index is 1.96. The summed E-state index contributed by atoms with van der Waals surface area (Å²) in [6, 6.07) is 7.36. The Morgan fingerprint density at radius 2 is 1.68 bits per heavy atom. The lowest BCUT2D eigenvalue weighted by atomic mass is 10.1. The van der Waals surface area contributed by atoms with Crippen molar-refractivity contribution in [2.45, 2.75) is 32.5 Å². The number of nitrogens with zero attached hydrogens (tertiary/aromatic N) is 1. The van der Waals surface area contributed by atoms with E-state index in [0.29, 0.717) is 18.5 Å². The van der Waals surface area contributed by atoms with Crippen molar-refractivity contribution in [3.63, 3.8) is 0 Å². The van der Waals surface area contributed by atoms with Crippen LogP contribution in [0.25, 0.3) is 0 Å². The molecule has 1 aromatic carbocycles. The first-order chi connectivity index (χ1) is 11.7. The van der Waals surface area contributed by atoms with Crippen LogP contribution in [0.2, 0.25) is 0 Å². The molecule has 1 aliphatic heterocycles. The van der Waals surface area contributed by atoms with Crippen molar-refractivity contribution >= 4 is 23.5 Å². The Hall–Kier alpha value is -2.83. The Bertz CT molecular complexity index is 683.